The van der Waals surface area contributed by atoms with E-state index >= 15 is 9.13 Å². The molecule has 0 saturated heterocycles. The van der Waals surface area contributed by atoms with Crippen LogP contribution in [0.5, 0.6) is 23.0 Å². The Hall–Kier alpha value is -3.98. The quantitative estimate of drug-likeness (QED) is 0.124. The van der Waals surface area contributed by atoms with Crippen LogP contribution >= 0.6 is 14.3 Å². The predicted octanol–water partition coefficient (Wildman–Crippen LogP) is 15.7. The average Bonchev–Trinajstić information content (AvgIpc) is 3.23. The first-order chi connectivity index (χ1) is 31.6. The van der Waals surface area contributed by atoms with Crippen molar-refractivity contribution in [2.45, 2.75) is 196 Å². The van der Waals surface area contributed by atoms with Crippen LogP contribution < -0.4 is 40.2 Å². The molecule has 0 spiro atoms. The van der Waals surface area contributed by atoms with Gasteiger partial charge in [-0.1, -0.05) is 152 Å². The molecule has 4 rings (SSSR count). The second kappa shape index (κ2) is 19.8. The fourth-order valence-corrected chi connectivity index (χ4v) is 17.3. The highest BCUT2D eigenvalue weighted by Gasteiger charge is 2.49. The van der Waals surface area contributed by atoms with Crippen molar-refractivity contribution in [3.8, 4) is 23.0 Å². The van der Waals surface area contributed by atoms with Gasteiger partial charge in [0.05, 0.1) is 28.4 Å². The van der Waals surface area contributed by atoms with Crippen LogP contribution in [0.3, 0.4) is 0 Å². The van der Waals surface area contributed by atoms with Crippen molar-refractivity contribution in [2.75, 3.05) is 28.4 Å². The lowest BCUT2D eigenvalue weighted by Crippen LogP contribution is -2.38. The summed E-state index contributed by atoms with van der Waals surface area (Å²) in [6, 6.07) is 16.8. The molecule has 0 aliphatic carbocycles. The standard InChI is InChI=1S/C62H92O6P2/c1-37(2)45-29-41(31-47(53(45)65-25)57(7,8)9)69(63,43-33-49(59(13,14)15)55(67-27)50(34-43)60(16,17)18)39(5)40(6)70(64,42-30-46(38(3)4)54(66-26)48(32-42)58(10,11)12)44-35-51(61(19,20)21)56(68-28)52(36-44)62(22,23)24/h29-36,39-40H,1,3H2,2,4-28H3. The number of benzene rings is 4. The molecular weight excluding hydrogens is 903 g/mol. The molecule has 8 heteroatoms. The molecule has 0 heterocycles. The van der Waals surface area contributed by atoms with Gasteiger partial charge in [0.2, 0.25) is 0 Å². The maximum Gasteiger partial charge on any atom is 0.146 e. The summed E-state index contributed by atoms with van der Waals surface area (Å²) in [4.78, 5) is 0. The van der Waals surface area contributed by atoms with Gasteiger partial charge < -0.3 is 28.1 Å². The van der Waals surface area contributed by atoms with Crippen LogP contribution in [0.15, 0.2) is 61.7 Å². The number of methoxy groups -OCH3 is 4. The highest BCUT2D eigenvalue weighted by Crippen LogP contribution is 2.63. The van der Waals surface area contributed by atoms with E-state index in [1.54, 1.807) is 28.4 Å². The summed E-state index contributed by atoms with van der Waals surface area (Å²) in [5, 5.41) is 2.72. The number of rotatable bonds is 13. The smallest absolute Gasteiger partial charge is 0.146 e. The first-order valence-electron chi connectivity index (χ1n) is 25.0. The van der Waals surface area contributed by atoms with E-state index in [9.17, 15) is 0 Å². The lowest BCUT2D eigenvalue weighted by molar-refractivity contribution is 0.381. The van der Waals surface area contributed by atoms with Crippen LogP contribution in [0.25, 0.3) is 11.1 Å². The summed E-state index contributed by atoms with van der Waals surface area (Å²) >= 11 is 0. The first-order valence-corrected chi connectivity index (χ1v) is 28.6. The fraction of sp³-hybridized carbons (Fsp3) is 0.548. The molecule has 4 unspecified atom stereocenters. The Kier molecular flexibility index (Phi) is 16.6. The Labute approximate surface area is 426 Å². The van der Waals surface area contributed by atoms with Crippen molar-refractivity contribution >= 4 is 46.6 Å². The molecule has 0 fully saturated rings. The lowest BCUT2D eigenvalue weighted by Gasteiger charge is -2.39. The van der Waals surface area contributed by atoms with Gasteiger partial charge in [0.1, 0.15) is 37.3 Å². The molecule has 4 aromatic rings. The normalized spacial score (nSPS) is 15.6. The summed E-state index contributed by atoms with van der Waals surface area (Å²) < 4.78 is 61.2. The maximum atomic E-state index is 18.0. The second-order valence-electron chi connectivity index (χ2n) is 26.2. The molecule has 0 bridgehead atoms. The van der Waals surface area contributed by atoms with Crippen LogP contribution in [0, 0.1) is 0 Å². The first kappa shape index (κ1) is 58.6. The van der Waals surface area contributed by atoms with E-state index in [0.29, 0.717) is 32.7 Å². The van der Waals surface area contributed by atoms with Crippen LogP contribution in [-0.2, 0) is 41.6 Å². The van der Waals surface area contributed by atoms with Crippen molar-refractivity contribution in [3.05, 3.63) is 106 Å². The maximum absolute atomic E-state index is 18.0. The Balaban J connectivity index is 2.48. The van der Waals surface area contributed by atoms with E-state index in [-0.39, 0.29) is 0 Å². The van der Waals surface area contributed by atoms with E-state index in [2.05, 4.69) is 188 Å². The van der Waals surface area contributed by atoms with Gasteiger partial charge in [-0.15, -0.1) is 0 Å². The van der Waals surface area contributed by atoms with Gasteiger partial charge >= 0.3 is 0 Å². The average molecular weight is 995 g/mol. The minimum atomic E-state index is -3.91. The Morgan fingerprint density at radius 2 is 0.543 bits per heavy atom. The van der Waals surface area contributed by atoms with Crippen molar-refractivity contribution in [2.24, 2.45) is 0 Å². The summed E-state index contributed by atoms with van der Waals surface area (Å²) in [5.41, 5.74) is 5.06. The third-order valence-corrected chi connectivity index (χ3v) is 21.8. The molecule has 4 atom stereocenters. The molecule has 0 aromatic heterocycles. The highest BCUT2D eigenvalue weighted by atomic mass is 31.2. The van der Waals surface area contributed by atoms with E-state index in [4.69, 9.17) is 18.9 Å². The number of allylic oxidation sites excluding steroid dienone is 2. The van der Waals surface area contributed by atoms with Gasteiger partial charge in [0.15, 0.2) is 0 Å². The minimum Gasteiger partial charge on any atom is -0.496 e. The van der Waals surface area contributed by atoms with Gasteiger partial charge in [-0.25, -0.2) is 0 Å². The lowest BCUT2D eigenvalue weighted by atomic mass is 9.79. The molecule has 6 nitrogen and oxygen atoms in total. The fourth-order valence-electron chi connectivity index (χ4n) is 9.92. The zero-order chi connectivity index (χ0) is 54.0. The molecule has 70 heavy (non-hydrogen) atoms. The third-order valence-electron chi connectivity index (χ3n) is 14.3. The molecule has 0 N–H and O–H groups in total. The van der Waals surface area contributed by atoms with Crippen molar-refractivity contribution in [3.63, 3.8) is 0 Å². The van der Waals surface area contributed by atoms with Crippen molar-refractivity contribution in [1.82, 2.24) is 0 Å². The topological polar surface area (TPSA) is 71.1 Å². The Morgan fingerprint density at radius 3 is 0.700 bits per heavy atom. The van der Waals surface area contributed by atoms with E-state index < -0.39 is 58.1 Å². The minimum absolute atomic E-state index is 0.392. The molecule has 0 aliphatic rings. The predicted molar refractivity (Wildman–Crippen MR) is 306 cm³/mol. The van der Waals surface area contributed by atoms with E-state index in [0.717, 1.165) is 67.2 Å². The van der Waals surface area contributed by atoms with E-state index in [1.165, 1.54) is 0 Å². The molecule has 0 radical (unpaired) electrons. The van der Waals surface area contributed by atoms with Crippen molar-refractivity contribution in [1.29, 1.82) is 0 Å². The number of ether oxygens (including phenoxy) is 4. The molecule has 0 aliphatic heterocycles. The summed E-state index contributed by atoms with van der Waals surface area (Å²) in [6.45, 7) is 56.0. The molecule has 386 valence electrons. The van der Waals surface area contributed by atoms with Gasteiger partial charge in [-0.05, 0) is 106 Å². The second-order valence-corrected chi connectivity index (χ2v) is 32.5. The zero-order valence-electron chi connectivity index (χ0n) is 48.5. The van der Waals surface area contributed by atoms with Gasteiger partial charge in [-0.2, -0.15) is 0 Å². The highest BCUT2D eigenvalue weighted by molar-refractivity contribution is 7.83. The van der Waals surface area contributed by atoms with Crippen LogP contribution in [0.1, 0.15) is 197 Å². The SMILES string of the molecule is C=C(C)c1cc(P(=O)(c2cc(C(C)(C)C)c(OC)c(C(C)(C)C)c2)C(C)C(C)P(=O)(c2cc(C(=C)C)c(OC)c(C(C)(C)C)c2)c2cc(C(C)(C)C)c(OC)c(C(C)(C)C)c2)cc(C(C)(C)C)c1OC. The monoisotopic (exact) mass is 995 g/mol. The molecule has 0 saturated carbocycles. The van der Waals surface area contributed by atoms with Crippen molar-refractivity contribution < 1.29 is 28.1 Å². The summed E-state index contributed by atoms with van der Waals surface area (Å²) in [7, 11) is -0.983. The van der Waals surface area contributed by atoms with E-state index in [1.807, 2.05) is 26.0 Å². The Morgan fingerprint density at radius 1 is 0.371 bits per heavy atom. The van der Waals surface area contributed by atoms with Crippen LogP contribution in [0.2, 0.25) is 0 Å². The largest absolute Gasteiger partial charge is 0.496 e. The van der Waals surface area contributed by atoms with Gasteiger partial charge in [-0.3, -0.25) is 0 Å². The molecular formula is C62H92O6P2. The van der Waals surface area contributed by atoms with Gasteiger partial charge in [0, 0.05) is 77.0 Å². The third kappa shape index (κ3) is 11.0. The van der Waals surface area contributed by atoms with Crippen LogP contribution in [0.4, 0.5) is 0 Å². The molecule has 4 aromatic carbocycles. The summed E-state index contributed by atoms with van der Waals surface area (Å²) in [5.74, 6) is 3.00. The van der Waals surface area contributed by atoms with Crippen LogP contribution in [-0.4, -0.2) is 39.8 Å². The number of hydrogen-bond donors (Lipinski definition) is 0. The van der Waals surface area contributed by atoms with Gasteiger partial charge in [0.25, 0.3) is 0 Å². The molecule has 0 amide bonds. The number of hydrogen-bond acceptors (Lipinski definition) is 6. The summed E-state index contributed by atoms with van der Waals surface area (Å²) in [6.07, 6.45) is 0. The zero-order valence-corrected chi connectivity index (χ0v) is 50.3. The Bertz CT molecular complexity index is 2490.